The van der Waals surface area contributed by atoms with Crippen molar-refractivity contribution in [1.82, 2.24) is 24.4 Å². The van der Waals surface area contributed by atoms with E-state index in [0.29, 0.717) is 17.4 Å². The van der Waals surface area contributed by atoms with Crippen molar-refractivity contribution in [2.75, 3.05) is 5.32 Å². The molecule has 140 valence electrons. The van der Waals surface area contributed by atoms with Gasteiger partial charge in [0.15, 0.2) is 5.82 Å². The first-order chi connectivity index (χ1) is 13.0. The fourth-order valence-corrected chi connectivity index (χ4v) is 2.75. The molecule has 2 aromatic heterocycles. The van der Waals surface area contributed by atoms with Gasteiger partial charge in [0.25, 0.3) is 5.91 Å². The molecule has 0 fully saturated rings. The molecule has 1 amide bonds. The van der Waals surface area contributed by atoms with Gasteiger partial charge in [0.1, 0.15) is 5.82 Å². The molecule has 0 spiro atoms. The summed E-state index contributed by atoms with van der Waals surface area (Å²) in [7, 11) is 2.00. The van der Waals surface area contributed by atoms with Crippen LogP contribution >= 0.6 is 0 Å². The van der Waals surface area contributed by atoms with Crippen molar-refractivity contribution in [3.8, 4) is 0 Å². The van der Waals surface area contributed by atoms with Gasteiger partial charge < -0.3 is 9.88 Å². The van der Waals surface area contributed by atoms with Crippen LogP contribution in [0.2, 0.25) is 0 Å². The van der Waals surface area contributed by atoms with Crippen LogP contribution in [0.15, 0.2) is 55.2 Å². The number of rotatable bonds is 7. The zero-order valence-corrected chi connectivity index (χ0v) is 15.8. The van der Waals surface area contributed by atoms with E-state index in [9.17, 15) is 4.79 Å². The topological polar surface area (TPSA) is 75.9 Å². The van der Waals surface area contributed by atoms with Crippen LogP contribution in [0.5, 0.6) is 0 Å². The number of benzene rings is 1. The smallest absolute Gasteiger partial charge is 0.256 e. The van der Waals surface area contributed by atoms with E-state index in [0.717, 1.165) is 24.5 Å². The maximum absolute atomic E-state index is 12.5. The van der Waals surface area contributed by atoms with Crippen LogP contribution in [0.1, 0.15) is 35.6 Å². The van der Waals surface area contributed by atoms with Gasteiger partial charge in [-0.05, 0) is 31.5 Å². The molecule has 3 rings (SSSR count). The monoisotopic (exact) mass is 364 g/mol. The Bertz CT molecular complexity index is 890. The first kappa shape index (κ1) is 18.7. The molecule has 3 aromatic rings. The first-order valence-corrected chi connectivity index (χ1v) is 8.89. The fraction of sp³-hybridized carbons (Fsp3) is 0.300. The molecule has 2 heterocycles. The summed E-state index contributed by atoms with van der Waals surface area (Å²) in [6.45, 7) is 5.80. The van der Waals surface area contributed by atoms with E-state index in [1.165, 1.54) is 6.20 Å². The lowest BCUT2D eigenvalue weighted by atomic mass is 10.1. The number of aryl methyl sites for hydroxylation is 1. The molecule has 0 atom stereocenters. The highest BCUT2D eigenvalue weighted by Crippen LogP contribution is 2.14. The number of nitrogens with zero attached hydrogens (tertiary/aromatic N) is 5. The molecule has 1 aromatic carbocycles. The predicted octanol–water partition coefficient (Wildman–Crippen LogP) is 2.87. The molecule has 0 aliphatic carbocycles. The van der Waals surface area contributed by atoms with Crippen LogP contribution in [0, 0.1) is 0 Å². The van der Waals surface area contributed by atoms with Gasteiger partial charge in [-0.15, -0.1) is 0 Å². The Labute approximate surface area is 159 Å². The van der Waals surface area contributed by atoms with E-state index in [2.05, 4.69) is 39.0 Å². The second-order valence-corrected chi connectivity index (χ2v) is 6.70. The van der Waals surface area contributed by atoms with Gasteiger partial charge in [-0.3, -0.25) is 14.7 Å². The van der Waals surface area contributed by atoms with Crippen molar-refractivity contribution < 1.29 is 4.79 Å². The lowest BCUT2D eigenvalue weighted by Crippen LogP contribution is -2.31. The number of aromatic nitrogens is 4. The summed E-state index contributed by atoms with van der Waals surface area (Å²) >= 11 is 0. The van der Waals surface area contributed by atoms with Crippen molar-refractivity contribution in [2.24, 2.45) is 7.05 Å². The lowest BCUT2D eigenvalue weighted by molar-refractivity contribution is 0.102. The zero-order valence-electron chi connectivity index (χ0n) is 15.8. The summed E-state index contributed by atoms with van der Waals surface area (Å²) < 4.78 is 2.03. The number of imidazole rings is 1. The molecule has 0 saturated heterocycles. The Kier molecular flexibility index (Phi) is 5.93. The number of hydrogen-bond donors (Lipinski definition) is 1. The molecule has 27 heavy (non-hydrogen) atoms. The summed E-state index contributed by atoms with van der Waals surface area (Å²) in [5.74, 6) is 1.25. The van der Waals surface area contributed by atoms with Crippen LogP contribution in [0.4, 0.5) is 5.82 Å². The normalized spacial score (nSPS) is 11.1. The molecule has 0 radical (unpaired) electrons. The standard InChI is InChI=1S/C20H24N6O/c1-15(2)26(14-19-23-9-10-25(19)3)13-16-5-4-6-17(11-16)20(27)24-18-12-21-7-8-22-18/h4-12,15H,13-14H2,1-3H3,(H,22,24,27). The Balaban J connectivity index is 1.71. The van der Waals surface area contributed by atoms with Crippen molar-refractivity contribution in [2.45, 2.75) is 33.0 Å². The van der Waals surface area contributed by atoms with E-state index < -0.39 is 0 Å². The van der Waals surface area contributed by atoms with Gasteiger partial charge in [-0.2, -0.15) is 0 Å². The maximum Gasteiger partial charge on any atom is 0.256 e. The summed E-state index contributed by atoms with van der Waals surface area (Å²) in [6, 6.07) is 8.00. The average molecular weight is 364 g/mol. The fourth-order valence-electron chi connectivity index (χ4n) is 2.75. The van der Waals surface area contributed by atoms with Crippen LogP contribution in [-0.2, 0) is 20.1 Å². The minimum atomic E-state index is -0.197. The number of carbonyl (C=O) groups excluding carboxylic acids is 1. The SMILES string of the molecule is CC(C)N(Cc1cccc(C(=O)Nc2cnccn2)c1)Cc1nccn1C. The highest BCUT2D eigenvalue weighted by atomic mass is 16.1. The second-order valence-electron chi connectivity index (χ2n) is 6.70. The van der Waals surface area contributed by atoms with Crippen molar-refractivity contribution in [3.63, 3.8) is 0 Å². The number of nitrogens with one attached hydrogen (secondary N) is 1. The quantitative estimate of drug-likeness (QED) is 0.698. The minimum Gasteiger partial charge on any atom is -0.337 e. The van der Waals surface area contributed by atoms with E-state index in [1.54, 1.807) is 18.5 Å². The van der Waals surface area contributed by atoms with E-state index in [-0.39, 0.29) is 5.91 Å². The van der Waals surface area contributed by atoms with Gasteiger partial charge in [0.05, 0.1) is 12.7 Å². The lowest BCUT2D eigenvalue weighted by Gasteiger charge is -2.26. The van der Waals surface area contributed by atoms with Crippen LogP contribution < -0.4 is 5.32 Å². The molecule has 0 bridgehead atoms. The van der Waals surface area contributed by atoms with Gasteiger partial charge in [-0.25, -0.2) is 9.97 Å². The third-order valence-corrected chi connectivity index (χ3v) is 4.38. The van der Waals surface area contributed by atoms with Gasteiger partial charge in [0.2, 0.25) is 0 Å². The van der Waals surface area contributed by atoms with Crippen molar-refractivity contribution in [1.29, 1.82) is 0 Å². The largest absolute Gasteiger partial charge is 0.337 e. The summed E-state index contributed by atoms with van der Waals surface area (Å²) in [4.78, 5) is 27.3. The molecule has 0 aliphatic rings. The number of anilines is 1. The third kappa shape index (κ3) is 4.98. The Morgan fingerprint density at radius 1 is 1.19 bits per heavy atom. The summed E-state index contributed by atoms with van der Waals surface area (Å²) in [5, 5.41) is 2.77. The highest BCUT2D eigenvalue weighted by Gasteiger charge is 2.15. The van der Waals surface area contributed by atoms with Crippen molar-refractivity contribution in [3.05, 3.63) is 72.2 Å². The second kappa shape index (κ2) is 8.55. The maximum atomic E-state index is 12.5. The number of amides is 1. The molecule has 7 heteroatoms. The molecule has 0 unspecified atom stereocenters. The number of carbonyl (C=O) groups is 1. The Morgan fingerprint density at radius 2 is 2.04 bits per heavy atom. The molecule has 0 aliphatic heterocycles. The van der Waals surface area contributed by atoms with Crippen LogP contribution in [0.3, 0.4) is 0 Å². The van der Waals surface area contributed by atoms with E-state index >= 15 is 0 Å². The van der Waals surface area contributed by atoms with Crippen LogP contribution in [0.25, 0.3) is 0 Å². The third-order valence-electron chi connectivity index (χ3n) is 4.38. The van der Waals surface area contributed by atoms with Gasteiger partial charge in [-0.1, -0.05) is 12.1 Å². The Morgan fingerprint density at radius 3 is 2.70 bits per heavy atom. The highest BCUT2D eigenvalue weighted by molar-refractivity contribution is 6.03. The van der Waals surface area contributed by atoms with E-state index in [1.807, 2.05) is 42.2 Å². The zero-order chi connectivity index (χ0) is 19.2. The molecule has 0 saturated carbocycles. The first-order valence-electron chi connectivity index (χ1n) is 8.89. The summed E-state index contributed by atoms with van der Waals surface area (Å²) in [5.41, 5.74) is 1.67. The van der Waals surface area contributed by atoms with Crippen LogP contribution in [-0.4, -0.2) is 36.4 Å². The number of hydrogen-bond acceptors (Lipinski definition) is 5. The predicted molar refractivity (Wildman–Crippen MR) is 104 cm³/mol. The molecular weight excluding hydrogens is 340 g/mol. The summed E-state index contributed by atoms with van der Waals surface area (Å²) in [6.07, 6.45) is 8.40. The average Bonchev–Trinajstić information content (AvgIpc) is 3.07. The van der Waals surface area contributed by atoms with Gasteiger partial charge >= 0.3 is 0 Å². The molecular formula is C20H24N6O. The molecule has 1 N–H and O–H groups in total. The van der Waals surface area contributed by atoms with Gasteiger partial charge in [0, 0.05) is 50.0 Å². The molecule has 7 nitrogen and oxygen atoms in total. The van der Waals surface area contributed by atoms with E-state index in [4.69, 9.17) is 0 Å². The minimum absolute atomic E-state index is 0.197. The Hall–Kier alpha value is -3.06. The van der Waals surface area contributed by atoms with Crippen molar-refractivity contribution >= 4 is 11.7 Å².